The second-order valence-electron chi connectivity index (χ2n) is 16.1. The molecule has 0 aromatic rings. The molecule has 0 fully saturated rings. The molecule has 7 heteroatoms. The topological polar surface area (TPSA) is 64.6 Å². The highest BCUT2D eigenvalue weighted by Gasteiger charge is 2.32. The van der Waals surface area contributed by atoms with E-state index in [-0.39, 0.29) is 0 Å². The molecule has 0 bridgehead atoms. The summed E-state index contributed by atoms with van der Waals surface area (Å²) in [5, 5.41) is 0. The van der Waals surface area contributed by atoms with Gasteiger partial charge in [0.05, 0.1) is 39.6 Å². The molecule has 0 saturated heterocycles. The molecular weight excluding hydrogens is 713 g/mol. The number of rotatable bonds is 46. The summed E-state index contributed by atoms with van der Waals surface area (Å²) in [4.78, 5) is 0. The van der Waals surface area contributed by atoms with E-state index in [4.69, 9.17) is 33.2 Å². The normalized spacial score (nSPS) is 13.6. The molecular formula is C50H98O7. The number of hydrogen-bond donors (Lipinski definition) is 0. The average molecular weight is 811 g/mol. The van der Waals surface area contributed by atoms with Crippen molar-refractivity contribution in [2.75, 3.05) is 39.6 Å². The third-order valence-electron chi connectivity index (χ3n) is 10.3. The highest BCUT2D eigenvalue weighted by molar-refractivity contribution is 5.09. The Morgan fingerprint density at radius 2 is 0.544 bits per heavy atom. The van der Waals surface area contributed by atoms with Crippen molar-refractivity contribution < 1.29 is 33.2 Å². The summed E-state index contributed by atoms with van der Waals surface area (Å²) in [5.41, 5.74) is 0. The largest absolute Gasteiger partial charge is 0.494 e. The van der Waals surface area contributed by atoms with Crippen LogP contribution >= 0.6 is 0 Å². The fourth-order valence-electron chi connectivity index (χ4n) is 6.40. The lowest BCUT2D eigenvalue weighted by molar-refractivity contribution is -0.243. The summed E-state index contributed by atoms with van der Waals surface area (Å²) in [6.07, 6.45) is 32.1. The van der Waals surface area contributed by atoms with Crippen molar-refractivity contribution in [2.45, 2.75) is 261 Å². The number of hydrogen-bond acceptors (Lipinski definition) is 7. The van der Waals surface area contributed by atoms with Crippen LogP contribution in [0.1, 0.15) is 248 Å². The second kappa shape index (κ2) is 44.1. The zero-order chi connectivity index (χ0) is 41.9. The van der Waals surface area contributed by atoms with Crippen LogP contribution in [0.2, 0.25) is 0 Å². The molecule has 0 aromatic heterocycles. The molecule has 0 spiro atoms. The highest BCUT2D eigenvalue weighted by Crippen LogP contribution is 2.29. The van der Waals surface area contributed by atoms with Crippen LogP contribution in [0.3, 0.4) is 0 Å². The molecule has 0 rings (SSSR count). The first-order valence-electron chi connectivity index (χ1n) is 24.9. The van der Waals surface area contributed by atoms with Crippen molar-refractivity contribution in [3.8, 4) is 0 Å². The zero-order valence-electron chi connectivity index (χ0n) is 39.5. The van der Waals surface area contributed by atoms with E-state index in [9.17, 15) is 0 Å². The Balaban J connectivity index is 6.98. The van der Waals surface area contributed by atoms with E-state index in [1.54, 1.807) is 0 Å². The Hall–Kier alpha value is -1.44. The van der Waals surface area contributed by atoms with Crippen LogP contribution in [0, 0.1) is 0 Å². The lowest BCUT2D eigenvalue weighted by Crippen LogP contribution is -2.34. The van der Waals surface area contributed by atoms with Gasteiger partial charge in [-0.05, 0) is 51.4 Å². The van der Waals surface area contributed by atoms with Gasteiger partial charge in [-0.3, -0.25) is 0 Å². The minimum atomic E-state index is -0.796. The van der Waals surface area contributed by atoms with Gasteiger partial charge >= 0.3 is 0 Å². The van der Waals surface area contributed by atoms with Gasteiger partial charge in [-0.1, -0.05) is 184 Å². The predicted molar refractivity (Wildman–Crippen MR) is 242 cm³/mol. The van der Waals surface area contributed by atoms with Gasteiger partial charge < -0.3 is 33.2 Å². The quantitative estimate of drug-likeness (QED) is 0.0345. The molecule has 0 aliphatic carbocycles. The molecule has 0 saturated carbocycles. The van der Waals surface area contributed by atoms with Crippen LogP contribution in [-0.4, -0.2) is 52.2 Å². The first kappa shape index (κ1) is 55.6. The van der Waals surface area contributed by atoms with Crippen LogP contribution in [0.15, 0.2) is 23.0 Å². The van der Waals surface area contributed by atoms with Crippen molar-refractivity contribution >= 4 is 0 Å². The standard InChI is InChI=1S/C50H98O7/c1-9-17-25-27-29-31-33-35-37-45(51-39-19-11-3)47(53-41-21-13-5)49(55-43-23-15-7)57-50(56-44-24-16-8)48(54-42-22-14-6)46(52-40-20-12-4)38-36-34-32-30-28-26-18-10-2/h49-50H,9-44H2,1-8H3. The minimum absolute atomic E-state index is 0.553. The lowest BCUT2D eigenvalue weighted by atomic mass is 10.1. The summed E-state index contributed by atoms with van der Waals surface area (Å²) < 4.78 is 47.3. The number of ether oxygens (including phenoxy) is 7. The van der Waals surface area contributed by atoms with Crippen molar-refractivity contribution in [2.24, 2.45) is 0 Å². The summed E-state index contributed by atoms with van der Waals surface area (Å²) >= 11 is 0. The molecule has 0 radical (unpaired) electrons. The van der Waals surface area contributed by atoms with Crippen LogP contribution < -0.4 is 0 Å². The van der Waals surface area contributed by atoms with Gasteiger partial charge in [0.15, 0.2) is 11.5 Å². The number of unbranched alkanes of at least 4 members (excludes halogenated alkanes) is 20. The molecule has 0 N–H and O–H groups in total. The molecule has 7 nitrogen and oxygen atoms in total. The van der Waals surface area contributed by atoms with Gasteiger partial charge in [0.2, 0.25) is 12.6 Å². The third-order valence-corrected chi connectivity index (χ3v) is 10.3. The predicted octanol–water partition coefficient (Wildman–Crippen LogP) is 16.0. The molecule has 57 heavy (non-hydrogen) atoms. The SMILES string of the molecule is CCCCCCCCCCC(OCCCC)=C(OCCCC)C(OCCCC)OC(OCCCC)C(OCCCC)=C(CCCCCCCCCC)OCCCC. The van der Waals surface area contributed by atoms with Crippen molar-refractivity contribution in [3.05, 3.63) is 23.0 Å². The monoisotopic (exact) mass is 811 g/mol. The molecule has 0 aliphatic rings. The average Bonchev–Trinajstić information content (AvgIpc) is 3.21. The zero-order valence-corrected chi connectivity index (χ0v) is 39.5. The highest BCUT2D eigenvalue weighted by atomic mass is 16.8. The van der Waals surface area contributed by atoms with Crippen molar-refractivity contribution in [1.29, 1.82) is 0 Å². The van der Waals surface area contributed by atoms with Crippen molar-refractivity contribution in [3.63, 3.8) is 0 Å². The van der Waals surface area contributed by atoms with E-state index in [1.165, 1.54) is 89.9 Å². The Kier molecular flexibility index (Phi) is 43.0. The first-order chi connectivity index (χ1) is 28.1. The Morgan fingerprint density at radius 3 is 0.860 bits per heavy atom. The first-order valence-corrected chi connectivity index (χ1v) is 24.9. The van der Waals surface area contributed by atoms with E-state index in [2.05, 4.69) is 55.4 Å². The van der Waals surface area contributed by atoms with Crippen LogP contribution in [0.5, 0.6) is 0 Å². The number of allylic oxidation sites excluding steroid dienone is 2. The van der Waals surface area contributed by atoms with Gasteiger partial charge in [0, 0.05) is 12.8 Å². The van der Waals surface area contributed by atoms with E-state index in [0.717, 1.165) is 114 Å². The summed E-state index contributed by atoms with van der Waals surface area (Å²) in [5.74, 6) is 3.09. The molecule has 0 heterocycles. The molecule has 2 atom stereocenters. The maximum Gasteiger partial charge on any atom is 0.223 e. The molecule has 0 amide bonds. The smallest absolute Gasteiger partial charge is 0.223 e. The maximum atomic E-state index is 7.10. The molecule has 2 unspecified atom stereocenters. The Bertz CT molecular complexity index is 818. The van der Waals surface area contributed by atoms with E-state index < -0.39 is 12.6 Å². The summed E-state index contributed by atoms with van der Waals surface area (Å²) in [6, 6.07) is 0. The van der Waals surface area contributed by atoms with Gasteiger partial charge in [0.25, 0.3) is 0 Å². The third kappa shape index (κ3) is 32.1. The van der Waals surface area contributed by atoms with Gasteiger partial charge in [0.1, 0.15) is 11.5 Å². The van der Waals surface area contributed by atoms with Gasteiger partial charge in [-0.25, -0.2) is 0 Å². The summed E-state index contributed by atoms with van der Waals surface area (Å²) in [6.45, 7) is 21.4. The molecule has 0 aliphatic heterocycles. The Labute approximate surface area is 355 Å². The van der Waals surface area contributed by atoms with Crippen LogP contribution in [0.25, 0.3) is 0 Å². The second-order valence-corrected chi connectivity index (χ2v) is 16.1. The lowest BCUT2D eigenvalue weighted by Gasteiger charge is -2.30. The van der Waals surface area contributed by atoms with E-state index >= 15 is 0 Å². The van der Waals surface area contributed by atoms with Crippen molar-refractivity contribution in [1.82, 2.24) is 0 Å². The summed E-state index contributed by atoms with van der Waals surface area (Å²) in [7, 11) is 0. The van der Waals surface area contributed by atoms with E-state index in [0.29, 0.717) is 51.2 Å². The van der Waals surface area contributed by atoms with Crippen LogP contribution in [0.4, 0.5) is 0 Å². The maximum absolute atomic E-state index is 7.10. The fourth-order valence-corrected chi connectivity index (χ4v) is 6.40. The van der Waals surface area contributed by atoms with Crippen LogP contribution in [-0.2, 0) is 33.2 Å². The van der Waals surface area contributed by atoms with Gasteiger partial charge in [-0.2, -0.15) is 0 Å². The molecule has 0 aromatic carbocycles. The van der Waals surface area contributed by atoms with E-state index in [1.807, 2.05) is 0 Å². The fraction of sp³-hybridized carbons (Fsp3) is 0.920. The minimum Gasteiger partial charge on any atom is -0.494 e. The molecule has 340 valence electrons. The Morgan fingerprint density at radius 1 is 0.281 bits per heavy atom. The van der Waals surface area contributed by atoms with Gasteiger partial charge in [-0.15, -0.1) is 0 Å².